The van der Waals surface area contributed by atoms with Crippen LogP contribution in [-0.2, 0) is 6.42 Å². The first kappa shape index (κ1) is 16.1. The molecule has 122 valence electrons. The molecule has 0 saturated carbocycles. The van der Waals surface area contributed by atoms with Crippen molar-refractivity contribution < 1.29 is 14.3 Å². The highest BCUT2D eigenvalue weighted by Crippen LogP contribution is 2.20. The predicted octanol–water partition coefficient (Wildman–Crippen LogP) is 3.02. The van der Waals surface area contributed by atoms with Crippen molar-refractivity contribution in [1.82, 2.24) is 15.3 Å². The van der Waals surface area contributed by atoms with Gasteiger partial charge in [-0.3, -0.25) is 9.78 Å². The number of aromatic nitrogens is 2. The first-order valence-electron chi connectivity index (χ1n) is 7.26. The van der Waals surface area contributed by atoms with E-state index in [2.05, 4.69) is 15.3 Å². The number of benzene rings is 1. The van der Waals surface area contributed by atoms with Crippen LogP contribution in [0.3, 0.4) is 0 Å². The molecular formula is C17H14FN3O2S. The molecule has 0 saturated heterocycles. The lowest BCUT2D eigenvalue weighted by Gasteiger charge is -2.05. The summed E-state index contributed by atoms with van der Waals surface area (Å²) in [6.45, 7) is 0.342. The first-order chi connectivity index (χ1) is 11.6. The molecule has 2 heterocycles. The average molecular weight is 343 g/mol. The van der Waals surface area contributed by atoms with E-state index in [1.807, 2.05) is 23.6 Å². The van der Waals surface area contributed by atoms with Gasteiger partial charge in [-0.1, -0.05) is 6.07 Å². The number of hydrogen-bond donors (Lipinski definition) is 2. The molecule has 24 heavy (non-hydrogen) atoms. The van der Waals surface area contributed by atoms with Crippen molar-refractivity contribution in [2.75, 3.05) is 6.54 Å². The molecule has 3 rings (SSSR count). The number of thiazole rings is 1. The van der Waals surface area contributed by atoms with Gasteiger partial charge in [0, 0.05) is 30.6 Å². The topological polar surface area (TPSA) is 75.1 Å². The van der Waals surface area contributed by atoms with E-state index < -0.39 is 11.7 Å². The Bertz CT molecular complexity index is 852. The molecule has 0 aliphatic heterocycles. The minimum atomic E-state index is -0.751. The zero-order valence-corrected chi connectivity index (χ0v) is 13.4. The fraction of sp³-hybridized carbons (Fsp3) is 0.118. The number of aromatic hydroxyl groups is 1. The van der Waals surface area contributed by atoms with Gasteiger partial charge in [-0.05, 0) is 24.3 Å². The summed E-state index contributed by atoms with van der Waals surface area (Å²) in [7, 11) is 0. The quantitative estimate of drug-likeness (QED) is 0.747. The van der Waals surface area contributed by atoms with Crippen LogP contribution >= 0.6 is 11.3 Å². The highest BCUT2D eigenvalue weighted by molar-refractivity contribution is 7.09. The van der Waals surface area contributed by atoms with Crippen LogP contribution in [0.5, 0.6) is 5.75 Å². The van der Waals surface area contributed by atoms with Gasteiger partial charge in [0.2, 0.25) is 0 Å². The summed E-state index contributed by atoms with van der Waals surface area (Å²) >= 11 is 1.49. The van der Waals surface area contributed by atoms with Gasteiger partial charge in [-0.25, -0.2) is 9.37 Å². The number of nitrogens with one attached hydrogen (secondary N) is 1. The SMILES string of the molecule is O=C(NCCc1nc(-c2ccccn2)cs1)c1ccc(O)cc1F. The molecule has 2 N–H and O–H groups in total. The molecule has 0 atom stereocenters. The fourth-order valence-corrected chi connectivity index (χ4v) is 2.92. The maximum absolute atomic E-state index is 13.6. The summed E-state index contributed by atoms with van der Waals surface area (Å²) in [6, 6.07) is 9.06. The molecule has 0 spiro atoms. The van der Waals surface area contributed by atoms with Crippen LogP contribution in [0.25, 0.3) is 11.4 Å². The van der Waals surface area contributed by atoms with Gasteiger partial charge in [0.25, 0.3) is 5.91 Å². The van der Waals surface area contributed by atoms with E-state index in [4.69, 9.17) is 5.11 Å². The Morgan fingerprint density at radius 2 is 2.12 bits per heavy atom. The van der Waals surface area contributed by atoms with Crippen molar-refractivity contribution in [3.63, 3.8) is 0 Å². The van der Waals surface area contributed by atoms with Crippen LogP contribution in [0.1, 0.15) is 15.4 Å². The van der Waals surface area contributed by atoms with Crippen molar-refractivity contribution in [1.29, 1.82) is 0 Å². The van der Waals surface area contributed by atoms with Crippen molar-refractivity contribution in [2.24, 2.45) is 0 Å². The molecule has 0 radical (unpaired) electrons. The number of phenolic OH excluding ortho intramolecular Hbond substituents is 1. The Labute approximate surface area is 141 Å². The first-order valence-corrected chi connectivity index (χ1v) is 8.14. The number of phenols is 1. The summed E-state index contributed by atoms with van der Waals surface area (Å²) < 4.78 is 13.6. The van der Waals surface area contributed by atoms with Crippen LogP contribution in [0, 0.1) is 5.82 Å². The molecule has 2 aromatic heterocycles. The maximum Gasteiger partial charge on any atom is 0.254 e. The van der Waals surface area contributed by atoms with E-state index in [0.717, 1.165) is 22.5 Å². The number of amides is 1. The highest BCUT2D eigenvalue weighted by Gasteiger charge is 2.12. The lowest BCUT2D eigenvalue weighted by molar-refractivity contribution is 0.0950. The Balaban J connectivity index is 1.57. The summed E-state index contributed by atoms with van der Waals surface area (Å²) in [5.41, 5.74) is 1.50. The van der Waals surface area contributed by atoms with E-state index in [1.54, 1.807) is 6.20 Å². The maximum atomic E-state index is 13.6. The summed E-state index contributed by atoms with van der Waals surface area (Å²) in [5, 5.41) is 14.6. The molecule has 7 heteroatoms. The third kappa shape index (κ3) is 3.75. The van der Waals surface area contributed by atoms with E-state index in [-0.39, 0.29) is 11.3 Å². The standard InChI is InChI=1S/C17H14FN3O2S/c18-13-9-11(22)4-5-12(13)17(23)20-8-6-16-21-15(10-24-16)14-3-1-2-7-19-14/h1-5,7,9-10,22H,6,8H2,(H,20,23). The number of carbonyl (C=O) groups is 1. The molecule has 0 unspecified atom stereocenters. The normalized spacial score (nSPS) is 10.5. The number of pyridine rings is 1. The Morgan fingerprint density at radius 1 is 1.25 bits per heavy atom. The average Bonchev–Trinajstić information content (AvgIpc) is 3.04. The van der Waals surface area contributed by atoms with E-state index in [9.17, 15) is 9.18 Å². The van der Waals surface area contributed by atoms with Crippen molar-refractivity contribution in [2.45, 2.75) is 6.42 Å². The van der Waals surface area contributed by atoms with Crippen LogP contribution in [-0.4, -0.2) is 27.5 Å². The van der Waals surface area contributed by atoms with E-state index >= 15 is 0 Å². The molecule has 3 aromatic rings. The molecule has 5 nitrogen and oxygen atoms in total. The van der Waals surface area contributed by atoms with Gasteiger partial charge in [0.05, 0.1) is 22.0 Å². The number of rotatable bonds is 5. The predicted molar refractivity (Wildman–Crippen MR) is 89.4 cm³/mol. The summed E-state index contributed by atoms with van der Waals surface area (Å²) in [4.78, 5) is 20.7. The number of nitrogens with zero attached hydrogens (tertiary/aromatic N) is 2. The Hall–Kier alpha value is -2.80. The lowest BCUT2D eigenvalue weighted by Crippen LogP contribution is -2.26. The van der Waals surface area contributed by atoms with E-state index in [1.165, 1.54) is 23.5 Å². The second-order valence-corrected chi connectivity index (χ2v) is 5.95. The summed E-state index contributed by atoms with van der Waals surface area (Å²) in [5.74, 6) is -1.48. The van der Waals surface area contributed by atoms with Crippen LogP contribution in [0.4, 0.5) is 4.39 Å². The van der Waals surface area contributed by atoms with Crippen LogP contribution < -0.4 is 5.32 Å². The third-order valence-electron chi connectivity index (χ3n) is 3.30. The molecule has 0 aliphatic carbocycles. The number of carbonyl (C=O) groups excluding carboxylic acids is 1. The lowest BCUT2D eigenvalue weighted by atomic mass is 10.2. The van der Waals surface area contributed by atoms with Crippen molar-refractivity contribution in [3.8, 4) is 17.1 Å². The van der Waals surface area contributed by atoms with Crippen molar-refractivity contribution >= 4 is 17.2 Å². The molecule has 0 fully saturated rings. The molecule has 0 bridgehead atoms. The molecule has 1 aromatic carbocycles. The smallest absolute Gasteiger partial charge is 0.254 e. The third-order valence-corrected chi connectivity index (χ3v) is 4.21. The molecular weight excluding hydrogens is 329 g/mol. The zero-order chi connectivity index (χ0) is 16.9. The minimum absolute atomic E-state index is 0.0962. The molecule has 0 aliphatic rings. The second-order valence-electron chi connectivity index (χ2n) is 5.01. The zero-order valence-electron chi connectivity index (χ0n) is 12.6. The summed E-state index contributed by atoms with van der Waals surface area (Å²) in [6.07, 6.45) is 2.25. The van der Waals surface area contributed by atoms with Gasteiger partial charge < -0.3 is 10.4 Å². The van der Waals surface area contributed by atoms with Crippen LogP contribution in [0.15, 0.2) is 48.0 Å². The number of hydrogen-bond acceptors (Lipinski definition) is 5. The molecule has 1 amide bonds. The monoisotopic (exact) mass is 343 g/mol. The van der Waals surface area contributed by atoms with Crippen molar-refractivity contribution in [3.05, 3.63) is 64.4 Å². The minimum Gasteiger partial charge on any atom is -0.508 e. The van der Waals surface area contributed by atoms with E-state index in [0.29, 0.717) is 13.0 Å². The van der Waals surface area contributed by atoms with Crippen LogP contribution in [0.2, 0.25) is 0 Å². The Morgan fingerprint density at radius 3 is 2.88 bits per heavy atom. The fourth-order valence-electron chi connectivity index (χ4n) is 2.12. The van der Waals surface area contributed by atoms with Gasteiger partial charge in [0.15, 0.2) is 0 Å². The van der Waals surface area contributed by atoms with Gasteiger partial charge in [-0.2, -0.15) is 0 Å². The largest absolute Gasteiger partial charge is 0.508 e. The van der Waals surface area contributed by atoms with Gasteiger partial charge in [0.1, 0.15) is 11.6 Å². The highest BCUT2D eigenvalue weighted by atomic mass is 32.1. The van der Waals surface area contributed by atoms with Gasteiger partial charge >= 0.3 is 0 Å². The number of halogens is 1. The second kappa shape index (κ2) is 7.18. The Kier molecular flexibility index (Phi) is 4.81. The van der Waals surface area contributed by atoms with Gasteiger partial charge in [-0.15, -0.1) is 11.3 Å².